The molecule has 1 aromatic heterocycles. The highest BCUT2D eigenvalue weighted by molar-refractivity contribution is 9.11. The molecule has 0 unspecified atom stereocenters. The lowest BCUT2D eigenvalue weighted by atomic mass is 10.4. The van der Waals surface area contributed by atoms with Crippen LogP contribution in [0.2, 0.25) is 0 Å². The summed E-state index contributed by atoms with van der Waals surface area (Å²) in [5.74, 6) is 0. The molecule has 0 aliphatic heterocycles. The normalized spacial score (nSPS) is 8.62. The first-order valence-electron chi connectivity index (χ1n) is 3.76. The van der Waals surface area contributed by atoms with E-state index >= 15 is 0 Å². The number of hydrogen-bond acceptors (Lipinski definition) is 2. The molecule has 0 spiro atoms. The fourth-order valence-electron chi connectivity index (χ4n) is 0.664. The fraction of sp³-hybridized carbons (Fsp3) is 0.222. The van der Waals surface area contributed by atoms with E-state index in [9.17, 15) is 0 Å². The molecule has 0 atom stereocenters. The maximum Gasteiger partial charge on any atom is 0.0829 e. The van der Waals surface area contributed by atoms with Crippen LogP contribution in [0.25, 0.3) is 5.03 Å². The molecular weight excluding hydrogens is 270 g/mol. The SMILES string of the molecule is C=Nc1cc(Br)sc1C(=C)Cl.CC. The summed E-state index contributed by atoms with van der Waals surface area (Å²) < 4.78 is 0.983. The Hall–Kier alpha value is -0.120. The molecule has 1 aromatic rings. The van der Waals surface area contributed by atoms with Gasteiger partial charge < -0.3 is 0 Å². The number of thiophene rings is 1. The molecule has 1 rings (SSSR count). The van der Waals surface area contributed by atoms with Crippen LogP contribution in [0, 0.1) is 0 Å². The number of nitrogens with zero attached hydrogens (tertiary/aromatic N) is 1. The maximum atomic E-state index is 5.71. The highest BCUT2D eigenvalue weighted by Gasteiger charge is 2.07. The second-order valence-electron chi connectivity index (χ2n) is 1.83. The molecule has 4 heteroatoms. The summed E-state index contributed by atoms with van der Waals surface area (Å²) in [6.07, 6.45) is 0. The van der Waals surface area contributed by atoms with Crippen LogP contribution in [-0.2, 0) is 0 Å². The molecule has 0 saturated heterocycles. The van der Waals surface area contributed by atoms with Crippen LogP contribution in [-0.4, -0.2) is 6.72 Å². The highest BCUT2D eigenvalue weighted by atomic mass is 79.9. The quantitative estimate of drug-likeness (QED) is 0.670. The van der Waals surface area contributed by atoms with Crippen LogP contribution >= 0.6 is 38.9 Å². The fourth-order valence-corrected chi connectivity index (χ4v) is 2.28. The summed E-state index contributed by atoms with van der Waals surface area (Å²) in [5.41, 5.74) is 0.780. The van der Waals surface area contributed by atoms with Gasteiger partial charge in [0.25, 0.3) is 0 Å². The van der Waals surface area contributed by atoms with E-state index in [0.29, 0.717) is 5.03 Å². The Morgan fingerprint density at radius 1 is 1.62 bits per heavy atom. The lowest BCUT2D eigenvalue weighted by Gasteiger charge is -1.91. The first-order chi connectivity index (χ1) is 6.15. The van der Waals surface area contributed by atoms with Crippen molar-refractivity contribution in [1.82, 2.24) is 0 Å². The Morgan fingerprint density at radius 3 is 2.46 bits per heavy atom. The van der Waals surface area contributed by atoms with Gasteiger partial charge in [0.05, 0.1) is 19.4 Å². The summed E-state index contributed by atoms with van der Waals surface area (Å²) in [4.78, 5) is 4.67. The van der Waals surface area contributed by atoms with Crippen LogP contribution in [0.3, 0.4) is 0 Å². The predicted octanol–water partition coefficient (Wildman–Crippen LogP) is 5.08. The van der Waals surface area contributed by atoms with Crippen molar-refractivity contribution in [3.63, 3.8) is 0 Å². The van der Waals surface area contributed by atoms with Crippen molar-refractivity contribution in [1.29, 1.82) is 0 Å². The molecule has 0 aliphatic rings. The molecule has 0 radical (unpaired) electrons. The van der Waals surface area contributed by atoms with Crippen LogP contribution in [0.15, 0.2) is 21.4 Å². The first kappa shape index (κ1) is 12.9. The summed E-state index contributed by atoms with van der Waals surface area (Å²) in [7, 11) is 0. The lowest BCUT2D eigenvalue weighted by Crippen LogP contribution is -1.64. The first-order valence-corrected chi connectivity index (χ1v) is 5.74. The molecule has 1 heterocycles. The summed E-state index contributed by atoms with van der Waals surface area (Å²) >= 11 is 10.5. The summed E-state index contributed by atoms with van der Waals surface area (Å²) in [5, 5.41) is 0.503. The Labute approximate surface area is 96.3 Å². The van der Waals surface area contributed by atoms with Gasteiger partial charge in [-0.2, -0.15) is 0 Å². The third-order valence-electron chi connectivity index (χ3n) is 1.10. The molecule has 0 aliphatic carbocycles. The van der Waals surface area contributed by atoms with Crippen molar-refractivity contribution in [2.75, 3.05) is 0 Å². The molecule has 0 aromatic carbocycles. The number of rotatable bonds is 2. The summed E-state index contributed by atoms with van der Waals surface area (Å²) in [6, 6.07) is 1.86. The van der Waals surface area contributed by atoms with Gasteiger partial charge in [0.1, 0.15) is 0 Å². The highest BCUT2D eigenvalue weighted by Crippen LogP contribution is 2.38. The van der Waals surface area contributed by atoms with Gasteiger partial charge in [-0.15, -0.1) is 11.3 Å². The van der Waals surface area contributed by atoms with Gasteiger partial charge in [-0.3, -0.25) is 4.99 Å². The molecule has 0 N–H and O–H groups in total. The Kier molecular flexibility index (Phi) is 6.29. The standard InChI is InChI=1S/C7H5BrClNS.C2H6/c1-4(9)7-5(10-2)3-6(8)11-7;1-2/h3H,1-2H2;1-2H3. The van der Waals surface area contributed by atoms with Gasteiger partial charge in [0, 0.05) is 0 Å². The molecular formula is C9H11BrClNS. The van der Waals surface area contributed by atoms with E-state index in [-0.39, 0.29) is 0 Å². The molecule has 1 nitrogen and oxygen atoms in total. The molecule has 0 fully saturated rings. The predicted molar refractivity (Wildman–Crippen MR) is 67.5 cm³/mol. The zero-order valence-electron chi connectivity index (χ0n) is 7.60. The average molecular weight is 281 g/mol. The zero-order valence-corrected chi connectivity index (χ0v) is 10.8. The van der Waals surface area contributed by atoms with Crippen LogP contribution < -0.4 is 0 Å². The van der Waals surface area contributed by atoms with Crippen molar-refractivity contribution in [3.05, 3.63) is 21.3 Å². The summed E-state index contributed by atoms with van der Waals surface area (Å²) in [6.45, 7) is 11.0. The van der Waals surface area contributed by atoms with E-state index in [1.807, 2.05) is 19.9 Å². The van der Waals surface area contributed by atoms with E-state index in [2.05, 4.69) is 34.2 Å². The maximum absolute atomic E-state index is 5.71. The molecule has 72 valence electrons. The molecule has 0 bridgehead atoms. The number of aliphatic imine (C=N–C) groups is 1. The molecule has 13 heavy (non-hydrogen) atoms. The van der Waals surface area contributed by atoms with E-state index in [4.69, 9.17) is 11.6 Å². The Balaban J connectivity index is 0.000000671. The van der Waals surface area contributed by atoms with E-state index in [1.54, 1.807) is 0 Å². The van der Waals surface area contributed by atoms with E-state index in [1.165, 1.54) is 11.3 Å². The van der Waals surface area contributed by atoms with E-state index in [0.717, 1.165) is 14.4 Å². The van der Waals surface area contributed by atoms with Gasteiger partial charge in [-0.25, -0.2) is 0 Å². The van der Waals surface area contributed by atoms with Crippen molar-refractivity contribution < 1.29 is 0 Å². The van der Waals surface area contributed by atoms with Gasteiger partial charge in [-0.05, 0) is 28.7 Å². The van der Waals surface area contributed by atoms with Gasteiger partial charge in [0.15, 0.2) is 0 Å². The van der Waals surface area contributed by atoms with Crippen LogP contribution in [0.1, 0.15) is 18.7 Å². The monoisotopic (exact) mass is 279 g/mol. The molecule has 0 saturated carbocycles. The minimum Gasteiger partial charge on any atom is -0.263 e. The largest absolute Gasteiger partial charge is 0.263 e. The third-order valence-corrected chi connectivity index (χ3v) is 3.09. The number of hydrogen-bond donors (Lipinski definition) is 0. The topological polar surface area (TPSA) is 12.4 Å². The van der Waals surface area contributed by atoms with Crippen molar-refractivity contribution in [2.24, 2.45) is 4.99 Å². The van der Waals surface area contributed by atoms with E-state index < -0.39 is 0 Å². The van der Waals surface area contributed by atoms with Crippen molar-refractivity contribution in [3.8, 4) is 0 Å². The third kappa shape index (κ3) is 3.63. The second-order valence-corrected chi connectivity index (χ2v) is 4.72. The van der Waals surface area contributed by atoms with Crippen molar-refractivity contribution >= 4 is 56.3 Å². The lowest BCUT2D eigenvalue weighted by molar-refractivity contribution is 1.50. The van der Waals surface area contributed by atoms with Gasteiger partial charge in [0.2, 0.25) is 0 Å². The van der Waals surface area contributed by atoms with Gasteiger partial charge >= 0.3 is 0 Å². The minimum atomic E-state index is 0.503. The number of halogens is 2. The minimum absolute atomic E-state index is 0.503. The Morgan fingerprint density at radius 2 is 2.15 bits per heavy atom. The van der Waals surface area contributed by atoms with Crippen LogP contribution in [0.5, 0.6) is 0 Å². The Bertz CT molecular complexity index is 307. The second kappa shape index (κ2) is 6.35. The smallest absolute Gasteiger partial charge is 0.0829 e. The average Bonchev–Trinajstić information content (AvgIpc) is 2.50. The zero-order chi connectivity index (χ0) is 10.4. The van der Waals surface area contributed by atoms with Crippen LogP contribution in [0.4, 0.5) is 5.69 Å². The van der Waals surface area contributed by atoms with Gasteiger partial charge in [-0.1, -0.05) is 32.0 Å². The van der Waals surface area contributed by atoms with Crippen molar-refractivity contribution in [2.45, 2.75) is 13.8 Å². The molecule has 0 amide bonds.